The Morgan fingerprint density at radius 3 is 1.56 bits per heavy atom. The molecule has 0 heterocycles. The minimum absolute atomic E-state index is 0.0735. The quantitative estimate of drug-likeness (QED) is 0.663. The summed E-state index contributed by atoms with van der Waals surface area (Å²) in [6.45, 7) is 0. The lowest BCUT2D eigenvalue weighted by Gasteiger charge is -2.24. The summed E-state index contributed by atoms with van der Waals surface area (Å²) in [6, 6.07) is -0.419. The maximum absolute atomic E-state index is 12.6. The van der Waals surface area contributed by atoms with E-state index >= 15 is 0 Å². The molecule has 0 bridgehead atoms. The van der Waals surface area contributed by atoms with Gasteiger partial charge in [0.05, 0.1) is 0 Å². The second kappa shape index (κ2) is 7.17. The summed E-state index contributed by atoms with van der Waals surface area (Å²) in [5.41, 5.74) is -0.439. The van der Waals surface area contributed by atoms with E-state index in [1.807, 2.05) is 0 Å². The van der Waals surface area contributed by atoms with Crippen LogP contribution in [0, 0.1) is 5.92 Å². The lowest BCUT2D eigenvalue weighted by atomic mass is 10.0. The first-order valence-corrected chi connectivity index (χ1v) is 7.31. The average molecular weight is 413 g/mol. The van der Waals surface area contributed by atoms with Crippen LogP contribution >= 0.6 is 0 Å². The van der Waals surface area contributed by atoms with Crippen molar-refractivity contribution < 1.29 is 53.7 Å². The van der Waals surface area contributed by atoms with Crippen LogP contribution in [0.15, 0.2) is 12.1 Å². The highest BCUT2D eigenvalue weighted by atomic mass is 19.4. The van der Waals surface area contributed by atoms with E-state index in [-0.39, 0.29) is 12.0 Å². The van der Waals surface area contributed by atoms with Crippen LogP contribution in [0.25, 0.3) is 0 Å². The first-order chi connectivity index (χ1) is 12.2. The topological polar surface area (TPSA) is 39.7 Å². The van der Waals surface area contributed by atoms with Crippen molar-refractivity contribution in [2.45, 2.75) is 38.0 Å². The van der Waals surface area contributed by atoms with Crippen molar-refractivity contribution in [3.05, 3.63) is 17.7 Å². The highest BCUT2D eigenvalue weighted by molar-refractivity contribution is 5.52. The van der Waals surface area contributed by atoms with Gasteiger partial charge in [-0.25, -0.2) is 0 Å². The van der Waals surface area contributed by atoms with Gasteiger partial charge in [0, 0.05) is 17.7 Å². The molecule has 1 aromatic rings. The third-order valence-electron chi connectivity index (χ3n) is 3.49. The highest BCUT2D eigenvalue weighted by Gasteiger charge is 2.41. The van der Waals surface area contributed by atoms with Gasteiger partial charge in [0.1, 0.15) is 5.75 Å². The summed E-state index contributed by atoms with van der Waals surface area (Å²) < 4.78 is 123. The molecule has 2 rings (SSSR count). The normalized spacial score (nSPS) is 16.8. The fourth-order valence-corrected chi connectivity index (χ4v) is 2.50. The number of hydrogen-bond acceptors (Lipinski definition) is 4. The monoisotopic (exact) mass is 413 g/mol. The van der Waals surface area contributed by atoms with Crippen LogP contribution in [0.5, 0.6) is 17.2 Å². The van der Waals surface area contributed by atoms with Crippen molar-refractivity contribution in [1.29, 1.82) is 0 Å². The summed E-state index contributed by atoms with van der Waals surface area (Å²) in [7, 11) is 1.34. The van der Waals surface area contributed by atoms with Gasteiger partial charge in [-0.05, 0) is 31.9 Å². The van der Waals surface area contributed by atoms with E-state index in [1.165, 1.54) is 7.05 Å². The Balaban J connectivity index is 2.59. The minimum atomic E-state index is -5.47. The molecule has 13 heteroatoms. The summed E-state index contributed by atoms with van der Waals surface area (Å²) in [5, 5.41) is 2.62. The van der Waals surface area contributed by atoms with Crippen LogP contribution in [-0.4, -0.2) is 26.1 Å². The third kappa shape index (κ3) is 6.56. The van der Waals surface area contributed by atoms with Gasteiger partial charge in [-0.1, -0.05) is 0 Å². The SMILES string of the molecule is CNC(c1cc(OC(F)(F)F)c(OC(F)(F)F)cc1OC(F)(F)F)C1CC1. The number of benzene rings is 1. The highest BCUT2D eigenvalue weighted by Crippen LogP contribution is 2.48. The first-order valence-electron chi connectivity index (χ1n) is 7.31. The molecule has 0 spiro atoms. The molecule has 0 radical (unpaired) electrons. The van der Waals surface area contributed by atoms with Gasteiger partial charge in [-0.15, -0.1) is 39.5 Å². The summed E-state index contributed by atoms with van der Waals surface area (Å²) in [5.74, 6) is -4.40. The van der Waals surface area contributed by atoms with Crippen LogP contribution in [-0.2, 0) is 0 Å². The molecule has 0 saturated heterocycles. The maximum Gasteiger partial charge on any atom is 0.573 e. The second-order valence-electron chi connectivity index (χ2n) is 5.58. The minimum Gasteiger partial charge on any atom is -0.405 e. The molecule has 1 saturated carbocycles. The van der Waals surface area contributed by atoms with E-state index in [4.69, 9.17) is 0 Å². The molecule has 4 nitrogen and oxygen atoms in total. The van der Waals surface area contributed by atoms with Crippen molar-refractivity contribution in [3.63, 3.8) is 0 Å². The summed E-state index contributed by atoms with van der Waals surface area (Å²) >= 11 is 0. The van der Waals surface area contributed by atoms with E-state index < -0.39 is 47.9 Å². The lowest BCUT2D eigenvalue weighted by molar-refractivity contribution is -0.288. The van der Waals surface area contributed by atoms with E-state index in [1.54, 1.807) is 0 Å². The largest absolute Gasteiger partial charge is 0.573 e. The molecule has 1 N–H and O–H groups in total. The number of ether oxygens (including phenoxy) is 3. The van der Waals surface area contributed by atoms with Crippen LogP contribution in [0.4, 0.5) is 39.5 Å². The van der Waals surface area contributed by atoms with Crippen molar-refractivity contribution in [2.75, 3.05) is 7.05 Å². The van der Waals surface area contributed by atoms with E-state index in [9.17, 15) is 39.5 Å². The zero-order valence-electron chi connectivity index (χ0n) is 13.4. The van der Waals surface area contributed by atoms with Gasteiger partial charge in [0.25, 0.3) is 0 Å². The zero-order chi connectivity index (χ0) is 20.6. The first kappa shape index (κ1) is 21.3. The Hall–Kier alpha value is -2.05. The van der Waals surface area contributed by atoms with Crippen molar-refractivity contribution in [1.82, 2.24) is 5.32 Å². The fourth-order valence-electron chi connectivity index (χ4n) is 2.50. The molecule has 1 aromatic carbocycles. The molecule has 27 heavy (non-hydrogen) atoms. The standard InChI is InChI=1S/C14H12F9NO3/c1-24-11(6-2-3-6)7-4-9(26-13(18,19)20)10(27-14(21,22)23)5-8(7)25-12(15,16)17/h4-6,11,24H,2-3H2,1H3. The van der Waals surface area contributed by atoms with Gasteiger partial charge in [-0.2, -0.15) is 0 Å². The molecule has 1 fully saturated rings. The number of halogens is 9. The van der Waals surface area contributed by atoms with Gasteiger partial charge >= 0.3 is 19.1 Å². The molecule has 1 aliphatic rings. The molecule has 1 unspecified atom stereocenters. The summed E-state index contributed by atoms with van der Waals surface area (Å²) in [4.78, 5) is 0. The molecule has 154 valence electrons. The molecule has 0 aromatic heterocycles. The Kier molecular flexibility index (Phi) is 5.64. The van der Waals surface area contributed by atoms with Crippen molar-refractivity contribution in [3.8, 4) is 17.2 Å². The van der Waals surface area contributed by atoms with Crippen LogP contribution in [0.1, 0.15) is 24.4 Å². The van der Waals surface area contributed by atoms with Crippen molar-refractivity contribution in [2.24, 2.45) is 5.92 Å². The Morgan fingerprint density at radius 2 is 1.19 bits per heavy atom. The van der Waals surface area contributed by atoms with E-state index in [2.05, 4.69) is 19.5 Å². The van der Waals surface area contributed by atoms with Crippen LogP contribution < -0.4 is 19.5 Å². The Bertz CT molecular complexity index is 666. The predicted molar refractivity (Wildman–Crippen MR) is 71.0 cm³/mol. The van der Waals surface area contributed by atoms with Gasteiger partial charge in [0.2, 0.25) is 0 Å². The van der Waals surface area contributed by atoms with Crippen LogP contribution in [0.3, 0.4) is 0 Å². The predicted octanol–water partition coefficient (Wildman–Crippen LogP) is 5.05. The summed E-state index contributed by atoms with van der Waals surface area (Å²) in [6.07, 6.45) is -15.0. The number of alkyl halides is 9. The number of hydrogen-bond donors (Lipinski definition) is 1. The average Bonchev–Trinajstić information content (AvgIpc) is 3.23. The molecular formula is C14H12F9NO3. The van der Waals surface area contributed by atoms with Crippen LogP contribution in [0.2, 0.25) is 0 Å². The molecule has 0 aliphatic heterocycles. The Labute approximate surface area is 146 Å². The Morgan fingerprint density at radius 1 is 0.778 bits per heavy atom. The zero-order valence-corrected chi connectivity index (χ0v) is 13.4. The van der Waals surface area contributed by atoms with Gasteiger partial charge < -0.3 is 19.5 Å². The second-order valence-corrected chi connectivity index (χ2v) is 5.58. The smallest absolute Gasteiger partial charge is 0.405 e. The third-order valence-corrected chi connectivity index (χ3v) is 3.49. The number of nitrogens with one attached hydrogen (secondary N) is 1. The van der Waals surface area contributed by atoms with Crippen molar-refractivity contribution >= 4 is 0 Å². The van der Waals surface area contributed by atoms with Gasteiger partial charge in [-0.3, -0.25) is 0 Å². The number of rotatable bonds is 6. The van der Waals surface area contributed by atoms with E-state index in [0.717, 1.165) is 0 Å². The fraction of sp³-hybridized carbons (Fsp3) is 0.571. The molecule has 1 aliphatic carbocycles. The molecule has 1 atom stereocenters. The molecule has 0 amide bonds. The van der Waals surface area contributed by atoms with E-state index in [0.29, 0.717) is 18.9 Å². The lowest BCUT2D eigenvalue weighted by Crippen LogP contribution is -2.25. The maximum atomic E-state index is 12.6. The molecular weight excluding hydrogens is 401 g/mol. The van der Waals surface area contributed by atoms with Gasteiger partial charge in [0.15, 0.2) is 11.5 Å².